The Morgan fingerprint density at radius 3 is 2.17 bits per heavy atom. The fraction of sp³-hybridized carbons (Fsp3) is 0.241. The summed E-state index contributed by atoms with van der Waals surface area (Å²) in [6.07, 6.45) is 3.27. The molecule has 7 heteroatoms. The van der Waals surface area contributed by atoms with Crippen LogP contribution >= 0.6 is 0 Å². The minimum atomic E-state index is -0.254. The molecule has 0 heterocycles. The maximum absolute atomic E-state index is 13.5. The first-order valence-corrected chi connectivity index (χ1v) is 11.6. The molecule has 0 aliphatic rings. The maximum atomic E-state index is 13.5. The first-order valence-electron chi connectivity index (χ1n) is 11.6. The highest BCUT2D eigenvalue weighted by Gasteiger charge is 2.21. The van der Waals surface area contributed by atoms with Crippen molar-refractivity contribution in [1.82, 2.24) is 4.90 Å². The van der Waals surface area contributed by atoms with E-state index in [0.717, 1.165) is 16.7 Å². The Hall–Kier alpha value is -4.26. The van der Waals surface area contributed by atoms with Crippen molar-refractivity contribution < 1.29 is 23.8 Å². The molecule has 0 unspecified atom stereocenters. The molecule has 1 N–H and O–H groups in total. The fourth-order valence-electron chi connectivity index (χ4n) is 3.91. The molecule has 3 rings (SSSR count). The molecule has 0 fully saturated rings. The van der Waals surface area contributed by atoms with Gasteiger partial charge in [0.25, 0.3) is 0 Å². The van der Waals surface area contributed by atoms with Crippen molar-refractivity contribution in [1.29, 1.82) is 0 Å². The molecule has 36 heavy (non-hydrogen) atoms. The van der Waals surface area contributed by atoms with E-state index in [0.29, 0.717) is 29.5 Å². The van der Waals surface area contributed by atoms with Gasteiger partial charge in [0.2, 0.25) is 17.6 Å². The van der Waals surface area contributed by atoms with Crippen molar-refractivity contribution in [3.8, 4) is 17.2 Å². The van der Waals surface area contributed by atoms with Crippen LogP contribution in [0.25, 0.3) is 6.08 Å². The molecule has 0 aromatic heterocycles. The number of ether oxygens (including phenoxy) is 3. The highest BCUT2D eigenvalue weighted by molar-refractivity contribution is 5.92. The van der Waals surface area contributed by atoms with Crippen LogP contribution in [0.3, 0.4) is 0 Å². The summed E-state index contributed by atoms with van der Waals surface area (Å²) in [4.78, 5) is 26.8. The number of anilines is 1. The SMILES string of the molecule is COc1cc(/C=C/C(=O)N(Cc2ccccc2)[C@@H](C)c2cccc(NC(C)=O)c2)cc(OC)c1OC. The zero-order valence-electron chi connectivity index (χ0n) is 21.3. The molecular formula is C29H32N2O5. The number of hydrogen-bond donors (Lipinski definition) is 1. The van der Waals surface area contributed by atoms with Crippen molar-refractivity contribution in [2.75, 3.05) is 26.6 Å². The topological polar surface area (TPSA) is 77.1 Å². The van der Waals surface area contributed by atoms with Crippen molar-refractivity contribution in [3.63, 3.8) is 0 Å². The molecule has 0 saturated carbocycles. The minimum Gasteiger partial charge on any atom is -0.493 e. The van der Waals surface area contributed by atoms with E-state index >= 15 is 0 Å². The summed E-state index contributed by atoms with van der Waals surface area (Å²) in [6, 6.07) is 20.7. The van der Waals surface area contributed by atoms with E-state index in [-0.39, 0.29) is 17.9 Å². The van der Waals surface area contributed by atoms with E-state index in [9.17, 15) is 9.59 Å². The molecule has 3 aromatic rings. The third-order valence-corrected chi connectivity index (χ3v) is 5.74. The molecule has 1 atom stereocenters. The molecular weight excluding hydrogens is 456 g/mol. The minimum absolute atomic E-state index is 0.148. The Morgan fingerprint density at radius 1 is 0.917 bits per heavy atom. The van der Waals surface area contributed by atoms with E-state index in [4.69, 9.17) is 14.2 Å². The average Bonchev–Trinajstić information content (AvgIpc) is 2.89. The Labute approximate surface area is 212 Å². The summed E-state index contributed by atoms with van der Waals surface area (Å²) in [5.41, 5.74) is 3.34. The van der Waals surface area contributed by atoms with Gasteiger partial charge in [-0.15, -0.1) is 0 Å². The van der Waals surface area contributed by atoms with Gasteiger partial charge in [-0.1, -0.05) is 42.5 Å². The van der Waals surface area contributed by atoms with Crippen LogP contribution in [0.2, 0.25) is 0 Å². The third kappa shape index (κ3) is 6.66. The second-order valence-electron chi connectivity index (χ2n) is 8.23. The zero-order valence-corrected chi connectivity index (χ0v) is 21.3. The molecule has 0 radical (unpaired) electrons. The van der Waals surface area contributed by atoms with Crippen LogP contribution in [0, 0.1) is 0 Å². The summed E-state index contributed by atoms with van der Waals surface area (Å²) >= 11 is 0. The van der Waals surface area contributed by atoms with Gasteiger partial charge >= 0.3 is 0 Å². The van der Waals surface area contributed by atoms with Crippen molar-refractivity contribution >= 4 is 23.6 Å². The Morgan fingerprint density at radius 2 is 1.58 bits per heavy atom. The van der Waals surface area contributed by atoms with E-state index in [1.807, 2.05) is 61.5 Å². The lowest BCUT2D eigenvalue weighted by molar-refractivity contribution is -0.128. The molecule has 3 aromatic carbocycles. The Bertz CT molecular complexity index is 1200. The van der Waals surface area contributed by atoms with Crippen molar-refractivity contribution in [3.05, 3.63) is 89.5 Å². The lowest BCUT2D eigenvalue weighted by Gasteiger charge is -2.29. The number of rotatable bonds is 10. The van der Waals surface area contributed by atoms with Crippen molar-refractivity contribution in [2.45, 2.75) is 26.4 Å². The number of hydrogen-bond acceptors (Lipinski definition) is 5. The lowest BCUT2D eigenvalue weighted by atomic mass is 10.0. The van der Waals surface area contributed by atoms with Crippen LogP contribution in [-0.4, -0.2) is 38.0 Å². The van der Waals surface area contributed by atoms with Gasteiger partial charge in [0.1, 0.15) is 0 Å². The van der Waals surface area contributed by atoms with Gasteiger partial charge in [-0.3, -0.25) is 9.59 Å². The van der Waals surface area contributed by atoms with Gasteiger partial charge in [-0.25, -0.2) is 0 Å². The van der Waals surface area contributed by atoms with Gasteiger partial charge in [0, 0.05) is 25.2 Å². The quantitative estimate of drug-likeness (QED) is 0.383. The fourth-order valence-corrected chi connectivity index (χ4v) is 3.91. The van der Waals surface area contributed by atoms with E-state index < -0.39 is 0 Å². The highest BCUT2D eigenvalue weighted by Crippen LogP contribution is 2.38. The number of amides is 2. The smallest absolute Gasteiger partial charge is 0.247 e. The predicted octanol–water partition coefficient (Wildman–Crippen LogP) is 5.47. The van der Waals surface area contributed by atoms with Crippen LogP contribution in [-0.2, 0) is 16.1 Å². The van der Waals surface area contributed by atoms with Gasteiger partial charge in [0.15, 0.2) is 11.5 Å². The number of carbonyl (C=O) groups excluding carboxylic acids is 2. The molecule has 0 aliphatic heterocycles. The van der Waals surface area contributed by atoms with Crippen LogP contribution in [0.5, 0.6) is 17.2 Å². The summed E-state index contributed by atoms with van der Waals surface area (Å²) < 4.78 is 16.2. The summed E-state index contributed by atoms with van der Waals surface area (Å²) in [5, 5.41) is 2.81. The number of carbonyl (C=O) groups is 2. The zero-order chi connectivity index (χ0) is 26.1. The molecule has 2 amide bonds. The largest absolute Gasteiger partial charge is 0.493 e. The monoisotopic (exact) mass is 488 g/mol. The lowest BCUT2D eigenvalue weighted by Crippen LogP contribution is -2.31. The number of nitrogens with one attached hydrogen (secondary N) is 1. The molecule has 0 saturated heterocycles. The summed E-state index contributed by atoms with van der Waals surface area (Å²) in [7, 11) is 4.64. The molecule has 0 bridgehead atoms. The molecule has 0 spiro atoms. The van der Waals surface area contributed by atoms with Gasteiger partial charge < -0.3 is 24.4 Å². The van der Waals surface area contributed by atoms with Gasteiger partial charge in [0.05, 0.1) is 27.4 Å². The van der Waals surface area contributed by atoms with Crippen LogP contribution in [0.1, 0.15) is 36.6 Å². The van der Waals surface area contributed by atoms with Crippen LogP contribution in [0.4, 0.5) is 5.69 Å². The standard InChI is InChI=1S/C29H32N2O5/c1-20(24-12-9-13-25(18-24)30-21(2)32)31(19-22-10-7-6-8-11-22)28(33)15-14-23-16-26(34-3)29(36-5)27(17-23)35-4/h6-18,20H,19H2,1-5H3,(H,30,32)/b15-14+/t20-/m0/s1. The number of benzene rings is 3. The van der Waals surface area contributed by atoms with E-state index in [2.05, 4.69) is 5.32 Å². The van der Waals surface area contributed by atoms with Crippen LogP contribution in [0.15, 0.2) is 72.8 Å². The number of methoxy groups -OCH3 is 3. The van der Waals surface area contributed by atoms with E-state index in [1.54, 1.807) is 44.4 Å². The summed E-state index contributed by atoms with van der Waals surface area (Å²) in [6.45, 7) is 3.86. The second-order valence-corrected chi connectivity index (χ2v) is 8.23. The highest BCUT2D eigenvalue weighted by atomic mass is 16.5. The number of nitrogens with zero attached hydrogens (tertiary/aromatic N) is 1. The maximum Gasteiger partial charge on any atom is 0.247 e. The third-order valence-electron chi connectivity index (χ3n) is 5.74. The predicted molar refractivity (Wildman–Crippen MR) is 141 cm³/mol. The molecule has 188 valence electrons. The average molecular weight is 489 g/mol. The molecule has 0 aliphatic carbocycles. The van der Waals surface area contributed by atoms with Crippen LogP contribution < -0.4 is 19.5 Å². The first-order chi connectivity index (χ1) is 17.4. The molecule has 7 nitrogen and oxygen atoms in total. The van der Waals surface area contributed by atoms with Crippen molar-refractivity contribution in [2.24, 2.45) is 0 Å². The van der Waals surface area contributed by atoms with Gasteiger partial charge in [-0.05, 0) is 54.0 Å². The second kappa shape index (κ2) is 12.4. The Kier molecular flexibility index (Phi) is 9.11. The van der Waals surface area contributed by atoms with E-state index in [1.165, 1.54) is 13.0 Å². The normalized spacial score (nSPS) is 11.6. The first kappa shape index (κ1) is 26.3. The van der Waals surface area contributed by atoms with Gasteiger partial charge in [-0.2, -0.15) is 0 Å². The summed E-state index contributed by atoms with van der Waals surface area (Å²) in [5.74, 6) is 1.19. The Balaban J connectivity index is 1.93.